The number of carboxylic acids is 2. The van der Waals surface area contributed by atoms with E-state index in [1.165, 1.54) is 45.4 Å². The Morgan fingerprint density at radius 3 is 1.05 bits per heavy atom. The molecule has 1 fully saturated rings. The van der Waals surface area contributed by atoms with E-state index in [-0.39, 0.29) is 5.57 Å². The maximum Gasteiger partial charge on any atom is 0.330 e. The van der Waals surface area contributed by atoms with Crippen LogP contribution in [0, 0.1) is 0 Å². The number of hydrogen-bond acceptors (Lipinski definition) is 4. The van der Waals surface area contributed by atoms with Gasteiger partial charge in [0.1, 0.15) is 0 Å². The molecule has 4 N–H and O–H groups in total. The molecule has 6 heteroatoms. The predicted molar refractivity (Wildman–Crippen MR) is 84.3 cm³/mol. The molecule has 0 bridgehead atoms. The summed E-state index contributed by atoms with van der Waals surface area (Å²) in [7, 11) is 2.00. The number of aliphatic hydroxyl groups is 2. The van der Waals surface area contributed by atoms with Crippen molar-refractivity contribution in [1.29, 1.82) is 0 Å². The lowest BCUT2D eigenvalue weighted by Crippen LogP contribution is -1.92. The Bertz CT molecular complexity index is 233. The Labute approximate surface area is 127 Å². The zero-order chi connectivity index (χ0) is 17.7. The highest BCUT2D eigenvalue weighted by molar-refractivity contribution is 5.84. The van der Waals surface area contributed by atoms with Crippen molar-refractivity contribution in [1.82, 2.24) is 0 Å². The van der Waals surface area contributed by atoms with E-state index >= 15 is 0 Å². The summed E-state index contributed by atoms with van der Waals surface area (Å²) in [6.45, 7) is 7.56. The molecule has 0 heterocycles. The molecule has 1 aliphatic carbocycles. The van der Waals surface area contributed by atoms with Crippen molar-refractivity contribution in [3.05, 3.63) is 24.8 Å². The molecule has 1 rings (SSSR count). The monoisotopic (exact) mass is 306 g/mol. The van der Waals surface area contributed by atoms with Crippen LogP contribution >= 0.6 is 0 Å². The summed E-state index contributed by atoms with van der Waals surface area (Å²) in [5, 5.41) is 29.5. The Hall–Kier alpha value is -1.66. The van der Waals surface area contributed by atoms with Crippen LogP contribution in [-0.4, -0.2) is 46.6 Å². The summed E-state index contributed by atoms with van der Waals surface area (Å²) in [4.78, 5) is 18.8. The van der Waals surface area contributed by atoms with Crippen molar-refractivity contribution < 1.29 is 30.0 Å². The smallest absolute Gasteiger partial charge is 0.330 e. The molecule has 0 unspecified atom stereocenters. The van der Waals surface area contributed by atoms with Crippen LogP contribution in [0.5, 0.6) is 0 Å². The van der Waals surface area contributed by atoms with Crippen LogP contribution in [-0.2, 0) is 9.59 Å². The summed E-state index contributed by atoms with van der Waals surface area (Å²) in [5.41, 5.74) is 0.176. The van der Waals surface area contributed by atoms with Crippen LogP contribution in [0.1, 0.15) is 45.4 Å². The summed E-state index contributed by atoms with van der Waals surface area (Å²) < 4.78 is 0. The van der Waals surface area contributed by atoms with E-state index < -0.39 is 11.9 Å². The molecular formula is C15H30O6. The molecule has 21 heavy (non-hydrogen) atoms. The van der Waals surface area contributed by atoms with Gasteiger partial charge < -0.3 is 20.4 Å². The molecule has 0 atom stereocenters. The zero-order valence-electron chi connectivity index (χ0n) is 13.3. The average Bonchev–Trinajstić information content (AvgIpc) is 2.54. The van der Waals surface area contributed by atoms with Gasteiger partial charge >= 0.3 is 11.9 Å². The van der Waals surface area contributed by atoms with Crippen LogP contribution in [0.2, 0.25) is 0 Å². The molecule has 126 valence electrons. The van der Waals surface area contributed by atoms with Gasteiger partial charge in [0.15, 0.2) is 0 Å². The molecule has 0 saturated heterocycles. The lowest BCUT2D eigenvalue weighted by Gasteiger charge is -2.05. The molecule has 1 saturated carbocycles. The van der Waals surface area contributed by atoms with Gasteiger partial charge in [-0.05, 0) is 6.92 Å². The van der Waals surface area contributed by atoms with Gasteiger partial charge in [-0.1, -0.05) is 51.7 Å². The van der Waals surface area contributed by atoms with Crippen molar-refractivity contribution in [3.8, 4) is 0 Å². The number of hydrogen-bond donors (Lipinski definition) is 4. The molecule has 0 spiro atoms. The molecule has 1 aliphatic rings. The Morgan fingerprint density at radius 2 is 1.00 bits per heavy atom. The average molecular weight is 306 g/mol. The minimum Gasteiger partial charge on any atom is -0.478 e. The lowest BCUT2D eigenvalue weighted by atomic mass is 10.0. The molecule has 0 aromatic carbocycles. The number of aliphatic hydroxyl groups excluding tert-OH is 2. The highest BCUT2D eigenvalue weighted by Crippen LogP contribution is 2.15. The van der Waals surface area contributed by atoms with Crippen molar-refractivity contribution in [2.45, 2.75) is 45.4 Å². The third-order valence-corrected chi connectivity index (χ3v) is 2.04. The molecule has 6 nitrogen and oxygen atoms in total. The zero-order valence-corrected chi connectivity index (χ0v) is 13.3. The van der Waals surface area contributed by atoms with Gasteiger partial charge in [0.25, 0.3) is 0 Å². The number of rotatable bonds is 2. The van der Waals surface area contributed by atoms with Gasteiger partial charge in [0, 0.05) is 25.9 Å². The van der Waals surface area contributed by atoms with Gasteiger partial charge in [-0.25, -0.2) is 9.59 Å². The van der Waals surface area contributed by atoms with Crippen LogP contribution in [0.15, 0.2) is 24.8 Å². The number of carboxylic acid groups (broad SMARTS) is 2. The van der Waals surface area contributed by atoms with Crippen LogP contribution < -0.4 is 0 Å². The first-order valence-corrected chi connectivity index (χ1v) is 6.55. The first-order chi connectivity index (χ1) is 9.91. The lowest BCUT2D eigenvalue weighted by molar-refractivity contribution is -0.133. The molecule has 0 aromatic rings. The van der Waals surface area contributed by atoms with Gasteiger partial charge in [-0.15, -0.1) is 0 Å². The van der Waals surface area contributed by atoms with Crippen LogP contribution in [0.3, 0.4) is 0 Å². The molecular weight excluding hydrogens is 276 g/mol. The normalized spacial score (nSPS) is 11.1. The second kappa shape index (κ2) is 26.8. The third-order valence-electron chi connectivity index (χ3n) is 2.04. The van der Waals surface area contributed by atoms with E-state index in [4.69, 9.17) is 20.4 Å². The summed E-state index contributed by atoms with van der Waals surface area (Å²) in [5.74, 6) is -1.92. The van der Waals surface area contributed by atoms with E-state index in [0.717, 1.165) is 20.3 Å². The van der Waals surface area contributed by atoms with Crippen molar-refractivity contribution >= 4 is 11.9 Å². The molecule has 0 radical (unpaired) electrons. The quantitative estimate of drug-likeness (QED) is 0.582. The van der Waals surface area contributed by atoms with E-state index in [0.29, 0.717) is 0 Å². The van der Waals surface area contributed by atoms with Gasteiger partial charge in [0.05, 0.1) is 0 Å². The molecule has 0 aliphatic heterocycles. The largest absolute Gasteiger partial charge is 0.478 e. The Balaban J connectivity index is -0.0000000925. The van der Waals surface area contributed by atoms with Crippen LogP contribution in [0.25, 0.3) is 0 Å². The fourth-order valence-electron chi connectivity index (χ4n) is 1.06. The van der Waals surface area contributed by atoms with Crippen LogP contribution in [0.4, 0.5) is 0 Å². The minimum absolute atomic E-state index is 0.176. The number of aliphatic carboxylic acids is 2. The van der Waals surface area contributed by atoms with Crippen molar-refractivity contribution in [2.75, 3.05) is 14.2 Å². The third kappa shape index (κ3) is 45.8. The highest BCUT2D eigenvalue weighted by Gasteiger charge is 1.95. The Kier molecular flexibility index (Phi) is 35.3. The second-order valence-corrected chi connectivity index (χ2v) is 3.75. The predicted octanol–water partition coefficient (Wildman–Crippen LogP) is 2.46. The van der Waals surface area contributed by atoms with E-state index in [1.54, 1.807) is 0 Å². The summed E-state index contributed by atoms with van der Waals surface area (Å²) >= 11 is 0. The maximum atomic E-state index is 9.60. The fraction of sp³-hybridized carbons (Fsp3) is 0.600. The first-order valence-electron chi connectivity index (χ1n) is 6.55. The summed E-state index contributed by atoms with van der Waals surface area (Å²) in [6.07, 6.45) is 9.83. The minimum atomic E-state index is -0.981. The first kappa shape index (κ1) is 27.6. The summed E-state index contributed by atoms with van der Waals surface area (Å²) in [6, 6.07) is 0. The maximum absolute atomic E-state index is 9.60. The van der Waals surface area contributed by atoms with E-state index in [1.807, 2.05) is 0 Å². The van der Waals surface area contributed by atoms with E-state index in [2.05, 4.69) is 13.2 Å². The molecule has 0 amide bonds. The highest BCUT2D eigenvalue weighted by atomic mass is 16.4. The van der Waals surface area contributed by atoms with Gasteiger partial charge in [-0.2, -0.15) is 0 Å². The number of carbonyl (C=O) groups is 2. The fourth-order valence-corrected chi connectivity index (χ4v) is 1.06. The van der Waals surface area contributed by atoms with Gasteiger partial charge in [-0.3, -0.25) is 0 Å². The van der Waals surface area contributed by atoms with Crippen molar-refractivity contribution in [2.24, 2.45) is 0 Å². The van der Waals surface area contributed by atoms with E-state index in [9.17, 15) is 9.59 Å². The van der Waals surface area contributed by atoms with Gasteiger partial charge in [0.2, 0.25) is 0 Å². The SMILES string of the molecule is C1CCCCC1.C=C(C)C(=O)O.C=CC(=O)O.CO.CO. The standard InChI is InChI=1S/C6H12.C4H6O2.C3H4O2.2CH4O/c1-2-4-6-5-3-1;1-3(2)4(5)6;1-2-3(4)5;2*1-2/h1-6H2;1H2,2H3,(H,5,6);2H,1H2,(H,4,5);2*2H,1H3. The Morgan fingerprint density at radius 1 is 0.857 bits per heavy atom. The topological polar surface area (TPSA) is 115 Å². The second-order valence-electron chi connectivity index (χ2n) is 3.75. The molecule has 0 aromatic heterocycles. The van der Waals surface area contributed by atoms with Crippen molar-refractivity contribution in [3.63, 3.8) is 0 Å².